The van der Waals surface area contributed by atoms with Crippen LogP contribution >= 0.6 is 0 Å². The van der Waals surface area contributed by atoms with Gasteiger partial charge in [0.1, 0.15) is 12.1 Å². The van der Waals surface area contributed by atoms with Crippen LogP contribution in [-0.4, -0.2) is 63.0 Å². The molecular formula is C33H46F2N6. The quantitative estimate of drug-likeness (QED) is 0.310. The molecule has 5 rings (SSSR count). The van der Waals surface area contributed by atoms with Crippen molar-refractivity contribution in [2.45, 2.75) is 97.2 Å². The molecule has 222 valence electrons. The third kappa shape index (κ3) is 6.38. The van der Waals surface area contributed by atoms with Crippen molar-refractivity contribution >= 4 is 16.9 Å². The summed E-state index contributed by atoms with van der Waals surface area (Å²) >= 11 is 0. The van der Waals surface area contributed by atoms with E-state index in [1.165, 1.54) is 11.9 Å². The van der Waals surface area contributed by atoms with Gasteiger partial charge in [-0.2, -0.15) is 0 Å². The number of hydrogen-bond acceptors (Lipinski definition) is 6. The minimum atomic E-state index is -2.86. The maximum atomic E-state index is 15.7. The SMILES string of the molecule is Cc1nc2ncnc(N[C@H](C)c3cccc(C(F)(F)C4CCN(C(C)C)CC4)c3)c2cc1C1CCN(C(C)C)CC1. The first-order valence-corrected chi connectivity index (χ1v) is 15.4. The van der Waals surface area contributed by atoms with Crippen LogP contribution in [0.4, 0.5) is 14.6 Å². The van der Waals surface area contributed by atoms with E-state index in [4.69, 9.17) is 4.98 Å². The van der Waals surface area contributed by atoms with Gasteiger partial charge in [-0.05, 0) is 123 Å². The topological polar surface area (TPSA) is 57.2 Å². The summed E-state index contributed by atoms with van der Waals surface area (Å²) in [6, 6.07) is 9.87. The van der Waals surface area contributed by atoms with Crippen LogP contribution in [0.15, 0.2) is 36.7 Å². The number of halogens is 2. The van der Waals surface area contributed by atoms with E-state index in [2.05, 4.69) is 65.8 Å². The fourth-order valence-electron chi connectivity index (χ4n) is 6.66. The summed E-state index contributed by atoms with van der Waals surface area (Å²) in [4.78, 5) is 18.7. The molecule has 0 radical (unpaired) electrons. The van der Waals surface area contributed by atoms with Crippen LogP contribution in [-0.2, 0) is 5.92 Å². The molecule has 0 amide bonds. The second-order valence-corrected chi connectivity index (χ2v) is 12.7. The van der Waals surface area contributed by atoms with E-state index < -0.39 is 11.8 Å². The Bertz CT molecular complexity index is 1330. The number of alkyl halides is 2. The number of rotatable bonds is 8. The highest BCUT2D eigenvalue weighted by atomic mass is 19.3. The monoisotopic (exact) mass is 564 g/mol. The summed E-state index contributed by atoms with van der Waals surface area (Å²) in [5.74, 6) is -2.35. The number of pyridine rings is 1. The number of piperidine rings is 2. The van der Waals surface area contributed by atoms with Crippen molar-refractivity contribution in [2.75, 3.05) is 31.5 Å². The van der Waals surface area contributed by atoms with Crippen LogP contribution in [0.2, 0.25) is 0 Å². The maximum absolute atomic E-state index is 15.7. The van der Waals surface area contributed by atoms with Crippen molar-refractivity contribution in [3.63, 3.8) is 0 Å². The summed E-state index contributed by atoms with van der Waals surface area (Å²) in [6.07, 6.45) is 4.77. The first kappa shape index (κ1) is 29.8. The van der Waals surface area contributed by atoms with Crippen molar-refractivity contribution in [1.82, 2.24) is 24.8 Å². The van der Waals surface area contributed by atoms with E-state index in [9.17, 15) is 0 Å². The molecule has 0 unspecified atom stereocenters. The lowest BCUT2D eigenvalue weighted by Gasteiger charge is -2.38. The Balaban J connectivity index is 1.35. The molecule has 2 aromatic heterocycles. The highest BCUT2D eigenvalue weighted by Gasteiger charge is 2.43. The lowest BCUT2D eigenvalue weighted by molar-refractivity contribution is -0.0876. The molecule has 4 heterocycles. The second-order valence-electron chi connectivity index (χ2n) is 12.7. The van der Waals surface area contributed by atoms with Gasteiger partial charge in [-0.1, -0.05) is 18.2 Å². The Morgan fingerprint density at radius 3 is 2.15 bits per heavy atom. The predicted molar refractivity (Wildman–Crippen MR) is 163 cm³/mol. The largest absolute Gasteiger partial charge is 0.363 e. The molecule has 2 aliphatic heterocycles. The number of benzene rings is 1. The van der Waals surface area contributed by atoms with Gasteiger partial charge in [-0.25, -0.2) is 23.7 Å². The van der Waals surface area contributed by atoms with Gasteiger partial charge in [-0.3, -0.25) is 0 Å². The number of aromatic nitrogens is 3. The highest BCUT2D eigenvalue weighted by molar-refractivity contribution is 5.87. The summed E-state index contributed by atoms with van der Waals surface area (Å²) in [6.45, 7) is 16.5. The zero-order chi connectivity index (χ0) is 29.3. The smallest absolute Gasteiger partial charge is 0.276 e. The van der Waals surface area contributed by atoms with Crippen molar-refractivity contribution in [2.24, 2.45) is 5.92 Å². The van der Waals surface area contributed by atoms with Gasteiger partial charge in [0.05, 0.1) is 5.39 Å². The number of hydrogen-bond donors (Lipinski definition) is 1. The van der Waals surface area contributed by atoms with Gasteiger partial charge in [0, 0.05) is 35.3 Å². The van der Waals surface area contributed by atoms with Crippen LogP contribution in [0.5, 0.6) is 0 Å². The first-order valence-electron chi connectivity index (χ1n) is 15.4. The van der Waals surface area contributed by atoms with Gasteiger partial charge >= 0.3 is 0 Å². The minimum absolute atomic E-state index is 0.103. The Labute approximate surface area is 244 Å². The van der Waals surface area contributed by atoms with Crippen molar-refractivity contribution in [3.8, 4) is 0 Å². The van der Waals surface area contributed by atoms with E-state index in [1.807, 2.05) is 13.0 Å². The summed E-state index contributed by atoms with van der Waals surface area (Å²) < 4.78 is 31.4. The van der Waals surface area contributed by atoms with Gasteiger partial charge < -0.3 is 15.1 Å². The third-order valence-electron chi connectivity index (χ3n) is 9.45. The van der Waals surface area contributed by atoms with E-state index in [0.29, 0.717) is 42.3 Å². The number of nitrogens with one attached hydrogen (secondary N) is 1. The van der Waals surface area contributed by atoms with Crippen LogP contribution < -0.4 is 5.32 Å². The van der Waals surface area contributed by atoms with Crippen LogP contribution in [0.3, 0.4) is 0 Å². The molecule has 8 heteroatoms. The molecule has 2 fully saturated rings. The fraction of sp³-hybridized carbons (Fsp3) is 0.606. The second kappa shape index (κ2) is 12.3. The standard InChI is InChI=1S/C33H46F2N6/c1-21(2)40-14-10-25(11-15-40)29-19-30-31(36-20-37-32(30)39-24(29)6)38-23(5)26-8-7-9-28(18-26)33(34,35)27-12-16-41(17-13-27)22(3)4/h7-9,18-23,25,27H,10-17H2,1-6H3,(H,36,37,38,39)/t23-/m1/s1. The average molecular weight is 565 g/mol. The Kier molecular flexibility index (Phi) is 8.90. The molecule has 6 nitrogen and oxygen atoms in total. The zero-order valence-corrected chi connectivity index (χ0v) is 25.5. The van der Waals surface area contributed by atoms with Crippen molar-refractivity contribution in [3.05, 3.63) is 59.0 Å². The predicted octanol–water partition coefficient (Wildman–Crippen LogP) is 7.31. The summed E-state index contributed by atoms with van der Waals surface area (Å²) in [7, 11) is 0. The molecule has 2 aliphatic rings. The van der Waals surface area contributed by atoms with E-state index in [1.54, 1.807) is 18.2 Å². The molecule has 0 spiro atoms. The van der Waals surface area contributed by atoms with Gasteiger partial charge in [0.2, 0.25) is 0 Å². The third-order valence-corrected chi connectivity index (χ3v) is 9.45. The Morgan fingerprint density at radius 2 is 1.51 bits per heavy atom. The molecule has 3 aromatic rings. The van der Waals surface area contributed by atoms with Crippen LogP contribution in [0.25, 0.3) is 11.0 Å². The highest BCUT2D eigenvalue weighted by Crippen LogP contribution is 2.42. The van der Waals surface area contributed by atoms with E-state index >= 15 is 8.78 Å². The van der Waals surface area contributed by atoms with Crippen molar-refractivity contribution in [1.29, 1.82) is 0 Å². The van der Waals surface area contributed by atoms with Gasteiger partial charge in [-0.15, -0.1) is 0 Å². The van der Waals surface area contributed by atoms with Crippen LogP contribution in [0, 0.1) is 12.8 Å². The number of aryl methyl sites for hydroxylation is 1. The molecule has 1 N–H and O–H groups in total. The lowest BCUT2D eigenvalue weighted by atomic mass is 9.85. The fourth-order valence-corrected chi connectivity index (χ4v) is 6.66. The molecule has 0 bridgehead atoms. The first-order chi connectivity index (χ1) is 19.5. The Hall–Kier alpha value is -2.71. The number of anilines is 1. The number of likely N-dealkylation sites (tertiary alicyclic amines) is 2. The summed E-state index contributed by atoms with van der Waals surface area (Å²) in [5, 5.41) is 4.38. The number of fused-ring (bicyclic) bond motifs is 1. The molecule has 1 aromatic carbocycles. The minimum Gasteiger partial charge on any atom is -0.363 e. The zero-order valence-electron chi connectivity index (χ0n) is 25.5. The molecular weight excluding hydrogens is 518 g/mol. The van der Waals surface area contributed by atoms with Crippen molar-refractivity contribution < 1.29 is 8.78 Å². The van der Waals surface area contributed by atoms with Gasteiger partial charge in [0.15, 0.2) is 5.65 Å². The normalized spacial score (nSPS) is 19.4. The summed E-state index contributed by atoms with van der Waals surface area (Å²) in [5.41, 5.74) is 3.86. The maximum Gasteiger partial charge on any atom is 0.276 e. The number of nitrogens with zero attached hydrogens (tertiary/aromatic N) is 5. The lowest BCUT2D eigenvalue weighted by Crippen LogP contribution is -2.42. The molecule has 41 heavy (non-hydrogen) atoms. The van der Waals surface area contributed by atoms with E-state index in [-0.39, 0.29) is 11.6 Å². The molecule has 1 atom stereocenters. The van der Waals surface area contributed by atoms with Gasteiger partial charge in [0.25, 0.3) is 5.92 Å². The van der Waals surface area contributed by atoms with E-state index in [0.717, 1.165) is 55.7 Å². The Morgan fingerprint density at radius 1 is 0.878 bits per heavy atom. The van der Waals surface area contributed by atoms with Crippen LogP contribution in [0.1, 0.15) is 94.6 Å². The molecule has 0 aliphatic carbocycles. The molecule has 2 saturated heterocycles. The molecule has 0 saturated carbocycles. The average Bonchev–Trinajstić information content (AvgIpc) is 2.97.